The van der Waals surface area contributed by atoms with Crippen molar-refractivity contribution in [2.45, 2.75) is 19.9 Å². The number of ketones is 1. The van der Waals surface area contributed by atoms with Gasteiger partial charge in [-0.05, 0) is 54.8 Å². The summed E-state index contributed by atoms with van der Waals surface area (Å²) in [5, 5.41) is 20.9. The molecule has 1 N–H and O–H groups in total. The normalized spacial score (nSPS) is 10.5. The lowest BCUT2D eigenvalue weighted by Crippen LogP contribution is -2.28. The first-order chi connectivity index (χ1) is 15.8. The molecule has 170 valence electrons. The maximum atomic E-state index is 12.9. The molecule has 0 aliphatic rings. The van der Waals surface area contributed by atoms with Crippen molar-refractivity contribution >= 4 is 29.0 Å². The summed E-state index contributed by atoms with van der Waals surface area (Å²) >= 11 is 11.9. The van der Waals surface area contributed by atoms with Gasteiger partial charge in [-0.25, -0.2) is 0 Å². The molecule has 0 aliphatic carbocycles. The van der Waals surface area contributed by atoms with Crippen LogP contribution in [-0.4, -0.2) is 29.2 Å². The van der Waals surface area contributed by atoms with Crippen molar-refractivity contribution in [3.8, 4) is 23.4 Å². The fourth-order valence-electron chi connectivity index (χ4n) is 3.33. The SMILES string of the molecule is COc1ccc(CCn2c(O)c(C(=O)COc3ccc(Cl)cc3Cl)c(C)c(C#N)c2=O)cc1. The van der Waals surface area contributed by atoms with Crippen LogP contribution in [-0.2, 0) is 13.0 Å². The van der Waals surface area contributed by atoms with Crippen LogP contribution in [0.15, 0.2) is 47.3 Å². The van der Waals surface area contributed by atoms with Gasteiger partial charge in [0.1, 0.15) is 23.1 Å². The Kier molecular flexibility index (Phi) is 7.64. The fraction of sp³-hybridized carbons (Fsp3) is 0.208. The molecule has 2 aromatic carbocycles. The van der Waals surface area contributed by atoms with Crippen molar-refractivity contribution in [2.75, 3.05) is 13.7 Å². The molecule has 9 heteroatoms. The quantitative estimate of drug-likeness (QED) is 0.468. The second kappa shape index (κ2) is 10.4. The van der Waals surface area contributed by atoms with Crippen LogP contribution in [0.2, 0.25) is 10.0 Å². The molecule has 1 heterocycles. The van der Waals surface area contributed by atoms with E-state index in [0.29, 0.717) is 17.2 Å². The minimum Gasteiger partial charge on any atom is -0.497 e. The molecule has 0 amide bonds. The maximum absolute atomic E-state index is 12.9. The smallest absolute Gasteiger partial charge is 0.271 e. The number of carbonyl (C=O) groups is 1. The Labute approximate surface area is 200 Å². The molecule has 0 bridgehead atoms. The summed E-state index contributed by atoms with van der Waals surface area (Å²) in [6.07, 6.45) is 0.385. The highest BCUT2D eigenvalue weighted by Gasteiger charge is 2.24. The van der Waals surface area contributed by atoms with Crippen LogP contribution >= 0.6 is 23.2 Å². The minimum atomic E-state index is -0.667. The molecule has 33 heavy (non-hydrogen) atoms. The van der Waals surface area contributed by atoms with Crippen LogP contribution in [0.3, 0.4) is 0 Å². The predicted octanol–water partition coefficient (Wildman–Crippen LogP) is 4.55. The largest absolute Gasteiger partial charge is 0.497 e. The summed E-state index contributed by atoms with van der Waals surface area (Å²) in [5.41, 5.74) is -0.0492. The minimum absolute atomic E-state index is 0.0656. The zero-order valence-corrected chi connectivity index (χ0v) is 19.4. The lowest BCUT2D eigenvalue weighted by atomic mass is 10.0. The van der Waals surface area contributed by atoms with Crippen LogP contribution < -0.4 is 15.0 Å². The fourth-order valence-corrected chi connectivity index (χ4v) is 3.80. The van der Waals surface area contributed by atoms with E-state index in [-0.39, 0.29) is 34.0 Å². The number of carbonyl (C=O) groups excluding carboxylic acids is 1. The number of aryl methyl sites for hydroxylation is 1. The molecule has 0 atom stereocenters. The van der Waals surface area contributed by atoms with Gasteiger partial charge in [-0.15, -0.1) is 0 Å². The van der Waals surface area contributed by atoms with Gasteiger partial charge >= 0.3 is 0 Å². The number of hydrogen-bond donors (Lipinski definition) is 1. The average Bonchev–Trinajstić information content (AvgIpc) is 2.79. The Balaban J connectivity index is 1.89. The van der Waals surface area contributed by atoms with E-state index >= 15 is 0 Å². The Morgan fingerprint density at radius 1 is 1.18 bits per heavy atom. The van der Waals surface area contributed by atoms with Gasteiger partial charge in [-0.1, -0.05) is 35.3 Å². The highest BCUT2D eigenvalue weighted by atomic mass is 35.5. The number of nitrogens with zero attached hydrogens (tertiary/aromatic N) is 2. The van der Waals surface area contributed by atoms with Crippen LogP contribution in [0.5, 0.6) is 17.4 Å². The predicted molar refractivity (Wildman–Crippen MR) is 125 cm³/mol. The summed E-state index contributed by atoms with van der Waals surface area (Å²) in [6, 6.07) is 13.6. The van der Waals surface area contributed by atoms with Crippen LogP contribution in [0.25, 0.3) is 0 Å². The first-order valence-corrected chi connectivity index (χ1v) is 10.6. The summed E-state index contributed by atoms with van der Waals surface area (Å²) in [7, 11) is 1.56. The van der Waals surface area contributed by atoms with Crippen molar-refractivity contribution in [1.29, 1.82) is 5.26 Å². The number of methoxy groups -OCH3 is 1. The lowest BCUT2D eigenvalue weighted by Gasteiger charge is -2.16. The Morgan fingerprint density at radius 3 is 2.48 bits per heavy atom. The molecule has 0 spiro atoms. The van der Waals surface area contributed by atoms with Gasteiger partial charge in [0.25, 0.3) is 5.56 Å². The van der Waals surface area contributed by atoms with E-state index in [1.807, 2.05) is 18.2 Å². The molecule has 0 saturated carbocycles. The van der Waals surface area contributed by atoms with Gasteiger partial charge in [0.15, 0.2) is 6.61 Å². The summed E-state index contributed by atoms with van der Waals surface area (Å²) in [4.78, 5) is 25.7. The molecule has 0 unspecified atom stereocenters. The molecular formula is C24H20Cl2N2O5. The van der Waals surface area contributed by atoms with Gasteiger partial charge in [-0.3, -0.25) is 14.2 Å². The van der Waals surface area contributed by atoms with Gasteiger partial charge in [0, 0.05) is 11.6 Å². The molecule has 3 rings (SSSR count). The maximum Gasteiger partial charge on any atom is 0.271 e. The number of pyridine rings is 1. The number of halogens is 2. The number of aromatic nitrogens is 1. The third-order valence-corrected chi connectivity index (χ3v) is 5.65. The Hall–Kier alpha value is -3.47. The zero-order valence-electron chi connectivity index (χ0n) is 17.9. The van der Waals surface area contributed by atoms with Crippen LogP contribution in [0, 0.1) is 18.3 Å². The zero-order chi connectivity index (χ0) is 24.1. The standard InChI is InChI=1S/C24H20Cl2N2O5/c1-14-18(12-27)23(30)28(10-9-15-3-6-17(32-2)7-4-15)24(31)22(14)20(29)13-33-21-8-5-16(25)11-19(21)26/h3-8,11,31H,9-10,13H2,1-2H3. The lowest BCUT2D eigenvalue weighted by molar-refractivity contribution is 0.0916. The van der Waals surface area contributed by atoms with E-state index in [2.05, 4.69) is 0 Å². The number of nitriles is 1. The van der Waals surface area contributed by atoms with E-state index in [0.717, 1.165) is 10.1 Å². The second-order valence-electron chi connectivity index (χ2n) is 7.15. The number of benzene rings is 2. The Bertz CT molecular complexity index is 1290. The van der Waals surface area contributed by atoms with Crippen LogP contribution in [0.4, 0.5) is 0 Å². The molecule has 0 radical (unpaired) electrons. The van der Waals surface area contributed by atoms with Gasteiger partial charge in [-0.2, -0.15) is 5.26 Å². The topological polar surface area (TPSA) is 102 Å². The van der Waals surface area contributed by atoms with Crippen molar-refractivity contribution < 1.29 is 19.4 Å². The van der Waals surface area contributed by atoms with E-state index < -0.39 is 23.8 Å². The third kappa shape index (κ3) is 5.30. The first kappa shape index (κ1) is 24.2. The Morgan fingerprint density at radius 2 is 1.88 bits per heavy atom. The molecule has 0 saturated heterocycles. The van der Waals surface area contributed by atoms with Crippen molar-refractivity contribution in [3.05, 3.63) is 85.1 Å². The summed E-state index contributed by atoms with van der Waals surface area (Å²) in [5.74, 6) is -0.194. The van der Waals surface area contributed by atoms with Gasteiger partial charge in [0.2, 0.25) is 11.7 Å². The highest BCUT2D eigenvalue weighted by Crippen LogP contribution is 2.28. The van der Waals surface area contributed by atoms with Crippen molar-refractivity contribution in [3.63, 3.8) is 0 Å². The first-order valence-electron chi connectivity index (χ1n) is 9.87. The number of rotatable bonds is 8. The van der Waals surface area contributed by atoms with E-state index in [1.54, 1.807) is 25.3 Å². The summed E-state index contributed by atoms with van der Waals surface area (Å²) in [6.45, 7) is 1.05. The molecular weight excluding hydrogens is 467 g/mol. The van der Waals surface area contributed by atoms with Gasteiger partial charge < -0.3 is 14.6 Å². The number of hydrogen-bond acceptors (Lipinski definition) is 6. The highest BCUT2D eigenvalue weighted by molar-refractivity contribution is 6.35. The molecule has 7 nitrogen and oxygen atoms in total. The van der Waals surface area contributed by atoms with E-state index in [1.165, 1.54) is 19.1 Å². The van der Waals surface area contributed by atoms with Crippen LogP contribution in [0.1, 0.15) is 27.0 Å². The van der Waals surface area contributed by atoms with E-state index in [9.17, 15) is 20.0 Å². The van der Waals surface area contributed by atoms with Crippen molar-refractivity contribution in [2.24, 2.45) is 0 Å². The average molecular weight is 487 g/mol. The summed E-state index contributed by atoms with van der Waals surface area (Å²) < 4.78 is 11.6. The van der Waals surface area contributed by atoms with E-state index in [4.69, 9.17) is 32.7 Å². The second-order valence-corrected chi connectivity index (χ2v) is 8.00. The number of aromatic hydroxyl groups is 1. The number of ether oxygens (including phenoxy) is 2. The number of Topliss-reactive ketones (excluding diaryl/α,β-unsaturated/α-hetero) is 1. The molecule has 1 aromatic heterocycles. The molecule has 0 aliphatic heterocycles. The molecule has 3 aromatic rings. The third-order valence-electron chi connectivity index (χ3n) is 5.11. The molecule has 0 fully saturated rings. The van der Waals surface area contributed by atoms with Gasteiger partial charge in [0.05, 0.1) is 17.7 Å². The van der Waals surface area contributed by atoms with Crippen molar-refractivity contribution in [1.82, 2.24) is 4.57 Å². The monoisotopic (exact) mass is 486 g/mol.